The molecule has 226 valence electrons. The van der Waals surface area contributed by atoms with Gasteiger partial charge in [-0.25, -0.2) is 4.39 Å². The lowest BCUT2D eigenvalue weighted by Crippen LogP contribution is -2.61. The molecule has 1 amide bonds. The average molecular weight is 575 g/mol. The van der Waals surface area contributed by atoms with Gasteiger partial charge in [-0.15, -0.1) is 0 Å². The van der Waals surface area contributed by atoms with Gasteiger partial charge in [0, 0.05) is 57.0 Å². The standard InChI is InChI=1S/C30H43FN4O6/c1-5-30(3)19-40-13-11-35(30)17-24-16-34-18-25(41-24)22(14-21-6-8-23(31)9-7-21)15-33-20(2)27(36)26(29(34)38)28(37)32-10-12-39-4/h6-9,15,20,24,26,29,38H,5,10-14,16-19H2,1-4H3,(H,32,37)/b25-22+,33-15?. The minimum atomic E-state index is -1.38. The third kappa shape index (κ3) is 7.58. The molecule has 11 heteroatoms. The van der Waals surface area contributed by atoms with Gasteiger partial charge < -0.3 is 24.6 Å². The minimum Gasteiger partial charge on any atom is -0.490 e. The first kappa shape index (κ1) is 31.2. The second kappa shape index (κ2) is 14.0. The van der Waals surface area contributed by atoms with E-state index in [1.54, 1.807) is 30.2 Å². The van der Waals surface area contributed by atoms with Gasteiger partial charge >= 0.3 is 0 Å². The molecule has 0 aliphatic carbocycles. The number of hydrogen-bond acceptors (Lipinski definition) is 9. The molecule has 0 aromatic heterocycles. The number of carbonyl (C=O) groups is 2. The lowest BCUT2D eigenvalue weighted by atomic mass is 9.93. The van der Waals surface area contributed by atoms with Crippen molar-refractivity contribution in [3.63, 3.8) is 0 Å². The monoisotopic (exact) mass is 574 g/mol. The van der Waals surface area contributed by atoms with E-state index >= 15 is 0 Å². The maximum Gasteiger partial charge on any atom is 0.234 e. The Kier molecular flexibility index (Phi) is 10.6. The number of amides is 1. The van der Waals surface area contributed by atoms with Crippen molar-refractivity contribution in [1.29, 1.82) is 0 Å². The predicted octanol–water partition coefficient (Wildman–Crippen LogP) is 1.56. The fraction of sp³-hybridized carbons (Fsp3) is 0.633. The molecule has 4 rings (SSSR count). The van der Waals surface area contributed by atoms with Crippen LogP contribution in [0.2, 0.25) is 0 Å². The normalized spacial score (nSPS) is 32.8. The summed E-state index contributed by atoms with van der Waals surface area (Å²) in [5.41, 5.74) is 1.43. The number of aliphatic hydroxyl groups is 1. The number of hydrogen-bond donors (Lipinski definition) is 2. The summed E-state index contributed by atoms with van der Waals surface area (Å²) in [6, 6.07) is 5.35. The van der Waals surface area contributed by atoms with Crippen LogP contribution in [-0.2, 0) is 30.2 Å². The van der Waals surface area contributed by atoms with Gasteiger partial charge in [-0.2, -0.15) is 0 Å². The number of Topliss-reactive ketones (excluding diaryl/α,β-unsaturated/α-hetero) is 1. The maximum atomic E-state index is 13.6. The van der Waals surface area contributed by atoms with Crippen LogP contribution in [0.4, 0.5) is 4.39 Å². The number of methoxy groups -OCH3 is 1. The van der Waals surface area contributed by atoms with E-state index in [1.165, 1.54) is 19.2 Å². The number of aliphatic hydroxyl groups excluding tert-OH is 1. The highest BCUT2D eigenvalue weighted by atomic mass is 19.1. The van der Waals surface area contributed by atoms with Gasteiger partial charge in [-0.05, 0) is 38.0 Å². The van der Waals surface area contributed by atoms with Crippen LogP contribution in [0.15, 0.2) is 40.6 Å². The quantitative estimate of drug-likeness (QED) is 0.338. The molecule has 41 heavy (non-hydrogen) atoms. The summed E-state index contributed by atoms with van der Waals surface area (Å²) < 4.78 is 31.0. The molecule has 6 unspecified atom stereocenters. The van der Waals surface area contributed by atoms with Crippen molar-refractivity contribution in [2.75, 3.05) is 59.7 Å². The number of benzene rings is 1. The number of aliphatic imine (C=N–C) groups is 1. The van der Waals surface area contributed by atoms with Crippen LogP contribution in [0.1, 0.15) is 32.8 Å². The van der Waals surface area contributed by atoms with Crippen molar-refractivity contribution in [3.05, 3.63) is 47.0 Å². The Hall–Kier alpha value is -2.70. The van der Waals surface area contributed by atoms with Gasteiger partial charge in [0.2, 0.25) is 5.91 Å². The number of rotatable bonds is 9. The van der Waals surface area contributed by atoms with E-state index in [0.29, 0.717) is 38.5 Å². The summed E-state index contributed by atoms with van der Waals surface area (Å²) in [4.78, 5) is 35.3. The van der Waals surface area contributed by atoms with Crippen molar-refractivity contribution in [2.45, 2.75) is 57.5 Å². The van der Waals surface area contributed by atoms with Gasteiger partial charge in [-0.3, -0.25) is 24.4 Å². The first-order chi connectivity index (χ1) is 19.6. The number of nitrogens with one attached hydrogen (secondary N) is 1. The summed E-state index contributed by atoms with van der Waals surface area (Å²) in [5, 5.41) is 14.3. The van der Waals surface area contributed by atoms with E-state index in [-0.39, 0.29) is 37.2 Å². The van der Waals surface area contributed by atoms with E-state index < -0.39 is 29.9 Å². The molecule has 3 aliphatic rings. The van der Waals surface area contributed by atoms with Crippen molar-refractivity contribution in [2.24, 2.45) is 10.9 Å². The maximum absolute atomic E-state index is 13.6. The lowest BCUT2D eigenvalue weighted by molar-refractivity contribution is -0.152. The summed E-state index contributed by atoms with van der Waals surface area (Å²) in [6.07, 6.45) is 1.20. The molecular formula is C30H43FN4O6. The van der Waals surface area contributed by atoms with E-state index in [0.717, 1.165) is 24.1 Å². The zero-order valence-corrected chi connectivity index (χ0v) is 24.5. The molecule has 2 bridgehead atoms. The first-order valence-corrected chi connectivity index (χ1v) is 14.4. The minimum absolute atomic E-state index is 0.161. The third-order valence-corrected chi connectivity index (χ3v) is 8.36. The van der Waals surface area contributed by atoms with Crippen molar-refractivity contribution in [1.82, 2.24) is 15.1 Å². The van der Waals surface area contributed by atoms with Crippen molar-refractivity contribution in [3.8, 4) is 0 Å². The molecule has 1 aromatic carbocycles. The van der Waals surface area contributed by atoms with Crippen LogP contribution < -0.4 is 5.32 Å². The molecule has 3 heterocycles. The smallest absolute Gasteiger partial charge is 0.234 e. The molecule has 6 atom stereocenters. The zero-order valence-electron chi connectivity index (χ0n) is 24.5. The Morgan fingerprint density at radius 2 is 2.07 bits per heavy atom. The van der Waals surface area contributed by atoms with E-state index in [1.807, 2.05) is 0 Å². The number of allylic oxidation sites excluding steroid dienone is 1. The van der Waals surface area contributed by atoms with Crippen LogP contribution in [0.25, 0.3) is 0 Å². The number of ether oxygens (including phenoxy) is 3. The van der Waals surface area contributed by atoms with E-state index in [9.17, 15) is 19.1 Å². The van der Waals surface area contributed by atoms with Crippen LogP contribution in [0.5, 0.6) is 0 Å². The predicted molar refractivity (Wildman–Crippen MR) is 152 cm³/mol. The Bertz CT molecular complexity index is 1130. The highest BCUT2D eigenvalue weighted by Gasteiger charge is 2.44. The Labute approximate surface area is 241 Å². The average Bonchev–Trinajstić information content (AvgIpc) is 2.96. The molecule has 2 N–H and O–H groups in total. The SMILES string of the molecule is CCC1(C)COCCN1CC1CN2C/C(=C(/Cc3ccc(F)cc3)C=NC(C)C(=O)C(C(=O)NCCOC)C2O)O1. The topological polar surface area (TPSA) is 113 Å². The summed E-state index contributed by atoms with van der Waals surface area (Å²) in [7, 11) is 1.52. The molecule has 0 saturated carbocycles. The third-order valence-electron chi connectivity index (χ3n) is 8.36. The second-order valence-electron chi connectivity index (χ2n) is 11.3. The fourth-order valence-corrected chi connectivity index (χ4v) is 5.55. The number of ketones is 1. The van der Waals surface area contributed by atoms with Crippen LogP contribution in [0, 0.1) is 11.7 Å². The van der Waals surface area contributed by atoms with Gasteiger partial charge in [0.25, 0.3) is 0 Å². The molecule has 3 aliphatic heterocycles. The van der Waals surface area contributed by atoms with Crippen LogP contribution in [-0.4, -0.2) is 116 Å². The largest absolute Gasteiger partial charge is 0.490 e. The highest BCUT2D eigenvalue weighted by Crippen LogP contribution is 2.29. The van der Waals surface area contributed by atoms with Crippen LogP contribution in [0.3, 0.4) is 0 Å². The van der Waals surface area contributed by atoms with Gasteiger partial charge in [0.05, 0.1) is 26.4 Å². The molecule has 2 fully saturated rings. The number of fused-ring (bicyclic) bond motifs is 2. The zero-order chi connectivity index (χ0) is 29.6. The molecule has 2 saturated heterocycles. The van der Waals surface area contributed by atoms with Crippen molar-refractivity contribution < 1.29 is 33.3 Å². The Morgan fingerprint density at radius 3 is 2.78 bits per heavy atom. The van der Waals surface area contributed by atoms with E-state index in [4.69, 9.17) is 14.2 Å². The fourth-order valence-electron chi connectivity index (χ4n) is 5.55. The summed E-state index contributed by atoms with van der Waals surface area (Å²) in [6.45, 7) is 9.50. The van der Waals surface area contributed by atoms with Gasteiger partial charge in [0.1, 0.15) is 35.9 Å². The van der Waals surface area contributed by atoms with Crippen molar-refractivity contribution >= 4 is 17.9 Å². The highest BCUT2D eigenvalue weighted by molar-refractivity contribution is 6.05. The Morgan fingerprint density at radius 1 is 1.32 bits per heavy atom. The molecular weight excluding hydrogens is 531 g/mol. The van der Waals surface area contributed by atoms with E-state index in [2.05, 4.69) is 29.1 Å². The molecule has 1 aromatic rings. The Balaban J connectivity index is 1.69. The summed E-state index contributed by atoms with van der Waals surface area (Å²) >= 11 is 0. The number of nitrogens with zero attached hydrogens (tertiary/aromatic N) is 3. The molecule has 0 radical (unpaired) electrons. The molecule has 0 spiro atoms. The van der Waals surface area contributed by atoms with Crippen LogP contribution >= 0.6 is 0 Å². The summed E-state index contributed by atoms with van der Waals surface area (Å²) in [5.74, 6) is -2.08. The van der Waals surface area contributed by atoms with Gasteiger partial charge in [-0.1, -0.05) is 19.1 Å². The van der Waals surface area contributed by atoms with Gasteiger partial charge in [0.15, 0.2) is 5.78 Å². The molecule has 10 nitrogen and oxygen atoms in total. The number of morpholine rings is 2. The second-order valence-corrected chi connectivity index (χ2v) is 11.3. The lowest BCUT2D eigenvalue weighted by Gasteiger charge is -2.47. The number of halogens is 1. The number of carbonyl (C=O) groups excluding carboxylic acids is 2. The first-order valence-electron chi connectivity index (χ1n) is 14.4.